The second-order valence-electron chi connectivity index (χ2n) is 5.62. The van der Waals surface area contributed by atoms with Gasteiger partial charge in [0.2, 0.25) is 0 Å². The van der Waals surface area contributed by atoms with Crippen molar-refractivity contribution in [2.45, 2.75) is 39.0 Å². The molecule has 104 valence electrons. The van der Waals surface area contributed by atoms with E-state index in [0.29, 0.717) is 5.82 Å². The fraction of sp³-hybridized carbons (Fsp3) is 0.615. The SMILES string of the molecule is CC1(CNc2cc([N+](=O)[O-])cc(N)n2)CCCCC1. The number of pyridine rings is 1. The van der Waals surface area contributed by atoms with Crippen molar-refractivity contribution in [3.05, 3.63) is 22.2 Å². The molecule has 1 aromatic heterocycles. The molecule has 6 heteroatoms. The van der Waals surface area contributed by atoms with E-state index in [1.807, 2.05) is 0 Å². The second kappa shape index (κ2) is 5.42. The predicted molar refractivity (Wildman–Crippen MR) is 75.0 cm³/mol. The van der Waals surface area contributed by atoms with Crippen molar-refractivity contribution in [3.8, 4) is 0 Å². The fourth-order valence-corrected chi connectivity index (χ4v) is 2.62. The lowest BCUT2D eigenvalue weighted by Gasteiger charge is -2.33. The number of nitrogens with two attached hydrogens (primary N) is 1. The first-order valence-corrected chi connectivity index (χ1v) is 6.64. The van der Waals surface area contributed by atoms with Crippen LogP contribution in [0.25, 0.3) is 0 Å². The van der Waals surface area contributed by atoms with Crippen molar-refractivity contribution in [2.24, 2.45) is 5.41 Å². The molecule has 19 heavy (non-hydrogen) atoms. The van der Waals surface area contributed by atoms with Crippen LogP contribution in [-0.4, -0.2) is 16.5 Å². The van der Waals surface area contributed by atoms with Gasteiger partial charge >= 0.3 is 0 Å². The van der Waals surface area contributed by atoms with Crippen LogP contribution in [0.15, 0.2) is 12.1 Å². The summed E-state index contributed by atoms with van der Waals surface area (Å²) in [6.07, 6.45) is 6.18. The molecule has 1 saturated carbocycles. The van der Waals surface area contributed by atoms with E-state index in [0.717, 1.165) is 6.54 Å². The highest BCUT2D eigenvalue weighted by molar-refractivity contribution is 5.52. The van der Waals surface area contributed by atoms with E-state index in [1.54, 1.807) is 0 Å². The summed E-state index contributed by atoms with van der Waals surface area (Å²) in [5, 5.41) is 14.0. The number of hydrogen-bond donors (Lipinski definition) is 2. The van der Waals surface area contributed by atoms with E-state index in [9.17, 15) is 10.1 Å². The standard InChI is InChI=1S/C13H20N4O2/c1-13(5-3-2-4-6-13)9-15-12-8-10(17(18)19)7-11(14)16-12/h7-8H,2-6,9H2,1H3,(H3,14,15,16). The van der Waals surface area contributed by atoms with Gasteiger partial charge in [0.1, 0.15) is 11.6 Å². The molecule has 0 saturated heterocycles. The van der Waals surface area contributed by atoms with Crippen LogP contribution in [0, 0.1) is 15.5 Å². The van der Waals surface area contributed by atoms with Crippen molar-refractivity contribution in [1.82, 2.24) is 4.98 Å². The van der Waals surface area contributed by atoms with Crippen molar-refractivity contribution >= 4 is 17.3 Å². The number of hydrogen-bond acceptors (Lipinski definition) is 5. The Balaban J connectivity index is 2.04. The third-order valence-corrected chi connectivity index (χ3v) is 3.80. The Bertz CT molecular complexity index is 470. The van der Waals surface area contributed by atoms with Gasteiger partial charge in [-0.3, -0.25) is 10.1 Å². The molecule has 0 aromatic carbocycles. The van der Waals surface area contributed by atoms with E-state index >= 15 is 0 Å². The molecule has 1 aliphatic rings. The van der Waals surface area contributed by atoms with Gasteiger partial charge in [0.25, 0.3) is 5.69 Å². The summed E-state index contributed by atoms with van der Waals surface area (Å²) >= 11 is 0. The summed E-state index contributed by atoms with van der Waals surface area (Å²) in [5.41, 5.74) is 5.81. The molecule has 1 aromatic rings. The summed E-state index contributed by atoms with van der Waals surface area (Å²) in [4.78, 5) is 14.4. The third-order valence-electron chi connectivity index (χ3n) is 3.80. The smallest absolute Gasteiger partial charge is 0.276 e. The van der Waals surface area contributed by atoms with Gasteiger partial charge in [-0.2, -0.15) is 0 Å². The molecular weight excluding hydrogens is 244 g/mol. The van der Waals surface area contributed by atoms with Crippen LogP contribution >= 0.6 is 0 Å². The van der Waals surface area contributed by atoms with E-state index in [4.69, 9.17) is 5.73 Å². The second-order valence-corrected chi connectivity index (χ2v) is 5.62. The van der Waals surface area contributed by atoms with Crippen LogP contribution in [0.4, 0.5) is 17.3 Å². The lowest BCUT2D eigenvalue weighted by molar-refractivity contribution is -0.384. The van der Waals surface area contributed by atoms with Gasteiger partial charge in [-0.25, -0.2) is 4.98 Å². The quantitative estimate of drug-likeness (QED) is 0.644. The molecule has 1 aliphatic carbocycles. The van der Waals surface area contributed by atoms with Gasteiger partial charge < -0.3 is 11.1 Å². The van der Waals surface area contributed by atoms with E-state index in [2.05, 4.69) is 17.2 Å². The summed E-state index contributed by atoms with van der Waals surface area (Å²) in [5.74, 6) is 0.656. The first-order chi connectivity index (χ1) is 8.98. The molecule has 0 bridgehead atoms. The Morgan fingerprint density at radius 1 is 1.42 bits per heavy atom. The van der Waals surface area contributed by atoms with Gasteiger partial charge in [0.15, 0.2) is 0 Å². The fourth-order valence-electron chi connectivity index (χ4n) is 2.62. The average molecular weight is 264 g/mol. The van der Waals surface area contributed by atoms with Gasteiger partial charge in [-0.15, -0.1) is 0 Å². The van der Waals surface area contributed by atoms with E-state index < -0.39 is 4.92 Å². The van der Waals surface area contributed by atoms with Crippen LogP contribution in [-0.2, 0) is 0 Å². The number of anilines is 2. The van der Waals surface area contributed by atoms with Crippen LogP contribution < -0.4 is 11.1 Å². The average Bonchev–Trinajstić information content (AvgIpc) is 2.37. The Labute approximate surface area is 112 Å². The van der Waals surface area contributed by atoms with Crippen LogP contribution in [0.5, 0.6) is 0 Å². The van der Waals surface area contributed by atoms with Gasteiger partial charge in [0.05, 0.1) is 17.1 Å². The van der Waals surface area contributed by atoms with Crippen LogP contribution in [0.3, 0.4) is 0 Å². The maximum Gasteiger partial charge on any atom is 0.276 e. The van der Waals surface area contributed by atoms with Crippen molar-refractivity contribution in [2.75, 3.05) is 17.6 Å². The Kier molecular flexibility index (Phi) is 3.87. The minimum Gasteiger partial charge on any atom is -0.383 e. The summed E-state index contributed by atoms with van der Waals surface area (Å²) in [7, 11) is 0. The highest BCUT2D eigenvalue weighted by atomic mass is 16.6. The monoisotopic (exact) mass is 264 g/mol. The molecule has 6 nitrogen and oxygen atoms in total. The summed E-state index contributed by atoms with van der Waals surface area (Å²) < 4.78 is 0. The molecule has 0 amide bonds. The van der Waals surface area contributed by atoms with Crippen molar-refractivity contribution < 1.29 is 4.92 Å². The lowest BCUT2D eigenvalue weighted by atomic mass is 9.76. The zero-order valence-corrected chi connectivity index (χ0v) is 11.2. The highest BCUT2D eigenvalue weighted by Gasteiger charge is 2.26. The molecule has 0 radical (unpaired) electrons. The van der Waals surface area contributed by atoms with Crippen LogP contribution in [0.1, 0.15) is 39.0 Å². The lowest BCUT2D eigenvalue weighted by Crippen LogP contribution is -2.29. The Morgan fingerprint density at radius 3 is 2.74 bits per heavy atom. The molecule has 0 spiro atoms. The van der Waals surface area contributed by atoms with E-state index in [1.165, 1.54) is 44.2 Å². The highest BCUT2D eigenvalue weighted by Crippen LogP contribution is 2.35. The first-order valence-electron chi connectivity index (χ1n) is 6.64. The van der Waals surface area contributed by atoms with E-state index in [-0.39, 0.29) is 16.9 Å². The zero-order valence-electron chi connectivity index (χ0n) is 11.2. The number of nitrogen functional groups attached to an aromatic ring is 1. The Morgan fingerprint density at radius 2 is 2.11 bits per heavy atom. The molecule has 0 atom stereocenters. The minimum absolute atomic E-state index is 0.0243. The minimum atomic E-state index is -0.453. The van der Waals surface area contributed by atoms with Crippen molar-refractivity contribution in [1.29, 1.82) is 0 Å². The molecule has 1 fully saturated rings. The normalized spacial score (nSPS) is 17.9. The van der Waals surface area contributed by atoms with Gasteiger partial charge in [-0.05, 0) is 18.3 Å². The van der Waals surface area contributed by atoms with Gasteiger partial charge in [0, 0.05) is 6.54 Å². The Hall–Kier alpha value is -1.85. The molecule has 0 aliphatic heterocycles. The maximum absolute atomic E-state index is 10.8. The number of aromatic nitrogens is 1. The maximum atomic E-state index is 10.8. The van der Waals surface area contributed by atoms with Crippen LogP contribution in [0.2, 0.25) is 0 Å². The topological polar surface area (TPSA) is 94.1 Å². The summed E-state index contributed by atoms with van der Waals surface area (Å²) in [6.45, 7) is 3.03. The molecule has 1 heterocycles. The largest absolute Gasteiger partial charge is 0.383 e. The number of nitro groups is 1. The summed E-state index contributed by atoms with van der Waals surface area (Å²) in [6, 6.07) is 2.70. The van der Waals surface area contributed by atoms with Gasteiger partial charge in [-0.1, -0.05) is 26.2 Å². The number of rotatable bonds is 4. The molecular formula is C13H20N4O2. The molecule has 2 rings (SSSR count). The molecule has 0 unspecified atom stereocenters. The number of nitrogens with one attached hydrogen (secondary N) is 1. The molecule has 3 N–H and O–H groups in total. The zero-order chi connectivity index (χ0) is 13.9. The number of nitrogens with zero attached hydrogens (tertiary/aromatic N) is 2. The first kappa shape index (κ1) is 13.6. The van der Waals surface area contributed by atoms with Crippen molar-refractivity contribution in [3.63, 3.8) is 0 Å². The third kappa shape index (κ3) is 3.56. The predicted octanol–water partition coefficient (Wildman–Crippen LogP) is 2.95.